The summed E-state index contributed by atoms with van der Waals surface area (Å²) < 4.78 is 24.3. The van der Waals surface area contributed by atoms with Gasteiger partial charge in [-0.2, -0.15) is 4.98 Å². The number of hydrogen-bond donors (Lipinski definition) is 3. The number of nitrogens with zero attached hydrogens (tertiary/aromatic N) is 3. The highest BCUT2D eigenvalue weighted by atomic mass is 19.1. The second-order valence-electron chi connectivity index (χ2n) is 8.08. The minimum atomic E-state index is -0.433. The molecule has 2 aromatic rings. The number of allylic oxidation sites excluding steroid dienone is 1. The number of hydrazine groups is 1. The van der Waals surface area contributed by atoms with Crippen LogP contribution in [0.5, 0.6) is 5.75 Å². The average Bonchev–Trinajstić information content (AvgIpc) is 3.40. The monoisotopic (exact) mass is 428 g/mol. The molecule has 0 saturated carbocycles. The van der Waals surface area contributed by atoms with E-state index in [1.54, 1.807) is 18.2 Å². The summed E-state index contributed by atoms with van der Waals surface area (Å²) in [5, 5.41) is 12.6. The fourth-order valence-electron chi connectivity index (χ4n) is 4.54. The van der Waals surface area contributed by atoms with E-state index in [9.17, 15) is 9.18 Å². The minimum absolute atomic E-state index is 0.0964. The molecule has 164 valence electrons. The smallest absolute Gasteiger partial charge is 0.247 e. The molecule has 10 heteroatoms. The SMILES string of the molecule is COc1ccc(Cc2nc(C3CNN4C(C5CCNCC5)=CC(=O)NC34)no2)cc1F. The van der Waals surface area contributed by atoms with Gasteiger partial charge in [0.05, 0.1) is 19.4 Å². The number of piperidine rings is 1. The van der Waals surface area contributed by atoms with Crippen LogP contribution in [0.4, 0.5) is 4.39 Å². The largest absolute Gasteiger partial charge is 0.494 e. The van der Waals surface area contributed by atoms with Crippen LogP contribution in [0.25, 0.3) is 0 Å². The van der Waals surface area contributed by atoms with Crippen molar-refractivity contribution < 1.29 is 18.4 Å². The van der Waals surface area contributed by atoms with E-state index in [1.807, 2.05) is 0 Å². The van der Waals surface area contributed by atoms with Crippen molar-refractivity contribution in [3.05, 3.63) is 53.1 Å². The predicted octanol–water partition coefficient (Wildman–Crippen LogP) is 1.05. The first-order valence-electron chi connectivity index (χ1n) is 10.5. The lowest BCUT2D eigenvalue weighted by Gasteiger charge is -2.38. The number of hydrogen-bond acceptors (Lipinski definition) is 8. The summed E-state index contributed by atoms with van der Waals surface area (Å²) in [5.41, 5.74) is 5.13. The summed E-state index contributed by atoms with van der Waals surface area (Å²) >= 11 is 0. The van der Waals surface area contributed by atoms with Gasteiger partial charge in [-0.15, -0.1) is 0 Å². The molecule has 0 spiro atoms. The van der Waals surface area contributed by atoms with Gasteiger partial charge in [0.1, 0.15) is 6.17 Å². The highest BCUT2D eigenvalue weighted by Crippen LogP contribution is 2.34. The van der Waals surface area contributed by atoms with Crippen LogP contribution in [-0.2, 0) is 11.2 Å². The molecule has 1 aromatic carbocycles. The summed E-state index contributed by atoms with van der Waals surface area (Å²) in [7, 11) is 1.43. The Morgan fingerprint density at radius 1 is 1.32 bits per heavy atom. The number of aromatic nitrogens is 2. The molecule has 0 radical (unpaired) electrons. The van der Waals surface area contributed by atoms with Crippen molar-refractivity contribution in [3.8, 4) is 5.75 Å². The van der Waals surface area contributed by atoms with Crippen molar-refractivity contribution in [2.75, 3.05) is 26.7 Å². The van der Waals surface area contributed by atoms with Gasteiger partial charge in [0.2, 0.25) is 11.8 Å². The molecule has 3 N–H and O–H groups in total. The lowest BCUT2D eigenvalue weighted by Crippen LogP contribution is -2.54. The van der Waals surface area contributed by atoms with Gasteiger partial charge in [-0.25, -0.2) is 9.82 Å². The second-order valence-corrected chi connectivity index (χ2v) is 8.08. The third-order valence-electron chi connectivity index (χ3n) is 6.13. The van der Waals surface area contributed by atoms with Crippen molar-refractivity contribution in [1.82, 2.24) is 31.2 Å². The van der Waals surface area contributed by atoms with Gasteiger partial charge in [0.25, 0.3) is 0 Å². The van der Waals surface area contributed by atoms with Crippen molar-refractivity contribution in [2.24, 2.45) is 5.92 Å². The molecule has 2 atom stereocenters. The Bertz CT molecular complexity index is 1000. The van der Waals surface area contributed by atoms with Gasteiger partial charge in [-0.1, -0.05) is 11.2 Å². The van der Waals surface area contributed by atoms with Crippen LogP contribution in [0.15, 0.2) is 34.5 Å². The van der Waals surface area contributed by atoms with Crippen LogP contribution in [0.1, 0.15) is 36.0 Å². The first-order valence-corrected chi connectivity index (χ1v) is 10.5. The van der Waals surface area contributed by atoms with Gasteiger partial charge in [-0.05, 0) is 43.6 Å². The van der Waals surface area contributed by atoms with Gasteiger partial charge in [0, 0.05) is 24.2 Å². The summed E-state index contributed by atoms with van der Waals surface area (Å²) in [6, 6.07) is 4.74. The Morgan fingerprint density at radius 3 is 2.94 bits per heavy atom. The number of rotatable bonds is 5. The molecular formula is C21H25FN6O3. The lowest BCUT2D eigenvalue weighted by atomic mass is 9.92. The number of nitrogens with one attached hydrogen (secondary N) is 3. The Labute approximate surface area is 179 Å². The van der Waals surface area contributed by atoms with E-state index >= 15 is 0 Å². The van der Waals surface area contributed by atoms with E-state index < -0.39 is 5.82 Å². The van der Waals surface area contributed by atoms with Gasteiger partial charge >= 0.3 is 0 Å². The standard InChI is InChI=1S/C21H25FN6O3/c1-30-17-3-2-12(8-15(17)22)9-19-26-20(27-31-19)14-11-24-28-16(10-18(29)25-21(14)28)13-4-6-23-7-5-13/h2-3,8,10,13-14,21,23-24H,4-7,9,11H2,1H3,(H,25,29). The molecule has 4 heterocycles. The number of carbonyl (C=O) groups is 1. The molecule has 3 aliphatic rings. The van der Waals surface area contributed by atoms with Crippen molar-refractivity contribution in [1.29, 1.82) is 0 Å². The maximum absolute atomic E-state index is 14.0. The topological polar surface area (TPSA) is 105 Å². The van der Waals surface area contributed by atoms with E-state index in [2.05, 4.69) is 31.2 Å². The highest BCUT2D eigenvalue weighted by molar-refractivity contribution is 5.89. The van der Waals surface area contributed by atoms with E-state index in [4.69, 9.17) is 9.26 Å². The number of benzene rings is 1. The number of methoxy groups -OCH3 is 1. The summed E-state index contributed by atoms with van der Waals surface area (Å²) in [5.74, 6) is 0.771. The van der Waals surface area contributed by atoms with E-state index in [1.165, 1.54) is 13.2 Å². The Hall–Kier alpha value is -2.98. The average molecular weight is 428 g/mol. The minimum Gasteiger partial charge on any atom is -0.494 e. The van der Waals surface area contributed by atoms with Crippen molar-refractivity contribution in [2.45, 2.75) is 31.3 Å². The number of ether oxygens (including phenoxy) is 1. The quantitative estimate of drug-likeness (QED) is 0.649. The van der Waals surface area contributed by atoms with Crippen LogP contribution in [-0.4, -0.2) is 54.0 Å². The van der Waals surface area contributed by atoms with Gasteiger partial charge < -0.3 is 19.9 Å². The van der Waals surface area contributed by atoms with E-state index in [0.717, 1.165) is 31.6 Å². The maximum atomic E-state index is 14.0. The Kier molecular flexibility index (Phi) is 5.33. The second kappa shape index (κ2) is 8.27. The van der Waals surface area contributed by atoms with Gasteiger partial charge in [-0.3, -0.25) is 9.80 Å². The summed E-state index contributed by atoms with van der Waals surface area (Å²) in [6.45, 7) is 2.49. The molecule has 31 heavy (non-hydrogen) atoms. The zero-order valence-corrected chi connectivity index (χ0v) is 17.2. The molecule has 0 aliphatic carbocycles. The van der Waals surface area contributed by atoms with Crippen LogP contribution >= 0.6 is 0 Å². The molecule has 2 saturated heterocycles. The predicted molar refractivity (Wildman–Crippen MR) is 108 cm³/mol. The molecule has 2 fully saturated rings. The normalized spacial score (nSPS) is 24.0. The fraction of sp³-hybridized carbons (Fsp3) is 0.476. The van der Waals surface area contributed by atoms with Crippen molar-refractivity contribution in [3.63, 3.8) is 0 Å². The van der Waals surface area contributed by atoms with Crippen LogP contribution in [0.2, 0.25) is 0 Å². The molecule has 1 amide bonds. The Balaban J connectivity index is 1.32. The molecule has 0 bridgehead atoms. The third kappa shape index (κ3) is 3.88. The highest BCUT2D eigenvalue weighted by Gasteiger charge is 2.43. The van der Waals surface area contributed by atoms with Crippen LogP contribution < -0.4 is 20.8 Å². The summed E-state index contributed by atoms with van der Waals surface area (Å²) in [6.07, 6.45) is 3.74. The lowest BCUT2D eigenvalue weighted by molar-refractivity contribution is -0.119. The van der Waals surface area contributed by atoms with E-state index in [-0.39, 0.29) is 23.7 Å². The fourth-order valence-corrected chi connectivity index (χ4v) is 4.54. The first-order chi connectivity index (χ1) is 15.1. The molecule has 9 nitrogen and oxygen atoms in total. The number of fused-ring (bicyclic) bond motifs is 1. The van der Waals surface area contributed by atoms with Crippen LogP contribution in [0.3, 0.4) is 0 Å². The summed E-state index contributed by atoms with van der Waals surface area (Å²) in [4.78, 5) is 16.9. The van der Waals surface area contributed by atoms with Gasteiger partial charge in [0.15, 0.2) is 17.4 Å². The molecular weight excluding hydrogens is 403 g/mol. The third-order valence-corrected chi connectivity index (χ3v) is 6.13. The molecule has 5 rings (SSSR count). The number of amides is 1. The number of carbonyl (C=O) groups excluding carboxylic acids is 1. The zero-order valence-electron chi connectivity index (χ0n) is 17.2. The maximum Gasteiger partial charge on any atom is 0.247 e. The Morgan fingerprint density at radius 2 is 2.16 bits per heavy atom. The zero-order chi connectivity index (χ0) is 21.4. The van der Waals surface area contributed by atoms with E-state index in [0.29, 0.717) is 36.2 Å². The van der Waals surface area contributed by atoms with Crippen molar-refractivity contribution >= 4 is 5.91 Å². The number of halogens is 1. The molecule has 1 aromatic heterocycles. The first kappa shape index (κ1) is 20.0. The molecule has 2 unspecified atom stereocenters. The molecule has 3 aliphatic heterocycles. The van der Waals surface area contributed by atoms with Crippen LogP contribution in [0, 0.1) is 11.7 Å².